The van der Waals surface area contributed by atoms with E-state index in [1.165, 1.54) is 6.08 Å². The van der Waals surface area contributed by atoms with E-state index in [-0.39, 0.29) is 5.97 Å². The molecule has 2 aromatic rings. The van der Waals surface area contributed by atoms with Crippen molar-refractivity contribution in [3.63, 3.8) is 0 Å². The minimum Gasteiger partial charge on any atom is -0.456 e. The van der Waals surface area contributed by atoms with Gasteiger partial charge in [0, 0.05) is 12.5 Å². The third-order valence-corrected chi connectivity index (χ3v) is 3.06. The Balaban J connectivity index is 1.93. The molecule has 108 valence electrons. The Morgan fingerprint density at radius 1 is 1.00 bits per heavy atom. The Labute approximate surface area is 126 Å². The smallest absolute Gasteiger partial charge is 0.331 e. The molecule has 0 aromatic heterocycles. The summed E-state index contributed by atoms with van der Waals surface area (Å²) in [5.74, 6) is -0.320. The average molecular weight is 280 g/mol. The van der Waals surface area contributed by atoms with Crippen LogP contribution in [0.5, 0.6) is 0 Å². The van der Waals surface area contributed by atoms with E-state index in [9.17, 15) is 4.79 Å². The number of carbonyl (C=O) groups is 1. The summed E-state index contributed by atoms with van der Waals surface area (Å²) in [5.41, 5.74) is 1.61. The van der Waals surface area contributed by atoms with E-state index in [1.54, 1.807) is 6.08 Å². The summed E-state index contributed by atoms with van der Waals surface area (Å²) in [7, 11) is 0. The van der Waals surface area contributed by atoms with Gasteiger partial charge in [0.2, 0.25) is 0 Å². The molecule has 0 radical (unpaired) electrons. The number of hydrogen-bond donors (Lipinski definition) is 0. The number of benzene rings is 2. The first kappa shape index (κ1) is 15.0. The quantitative estimate of drug-likeness (QED) is 0.604. The number of esters is 1. The Morgan fingerprint density at radius 3 is 2.19 bits per heavy atom. The Kier molecular flexibility index (Phi) is 4.94. The highest BCUT2D eigenvalue weighted by Gasteiger charge is 2.22. The molecule has 0 bridgehead atoms. The van der Waals surface area contributed by atoms with Gasteiger partial charge in [0.1, 0.15) is 5.60 Å². The van der Waals surface area contributed by atoms with E-state index in [4.69, 9.17) is 4.74 Å². The summed E-state index contributed by atoms with van der Waals surface area (Å²) < 4.78 is 5.54. The molecule has 0 atom stereocenters. The lowest BCUT2D eigenvalue weighted by Crippen LogP contribution is -2.29. The molecule has 0 aliphatic carbocycles. The number of ether oxygens (including phenoxy) is 1. The van der Waals surface area contributed by atoms with Crippen molar-refractivity contribution in [2.75, 3.05) is 0 Å². The summed E-state index contributed by atoms with van der Waals surface area (Å²) in [4.78, 5) is 11.9. The first-order chi connectivity index (χ1) is 10.1. The maximum atomic E-state index is 11.9. The monoisotopic (exact) mass is 280 g/mol. The normalized spacial score (nSPS) is 11.5. The van der Waals surface area contributed by atoms with Crippen LogP contribution < -0.4 is 0 Å². The minimum absolute atomic E-state index is 0.320. The van der Waals surface area contributed by atoms with Crippen molar-refractivity contribution < 1.29 is 9.53 Å². The van der Waals surface area contributed by atoms with Crippen molar-refractivity contribution in [2.45, 2.75) is 25.9 Å². The van der Waals surface area contributed by atoms with Gasteiger partial charge in [-0.1, -0.05) is 60.7 Å². The second-order valence-electron chi connectivity index (χ2n) is 5.59. The van der Waals surface area contributed by atoms with Gasteiger partial charge in [-0.3, -0.25) is 0 Å². The van der Waals surface area contributed by atoms with Crippen LogP contribution in [-0.2, 0) is 16.0 Å². The van der Waals surface area contributed by atoms with Crippen molar-refractivity contribution in [3.05, 3.63) is 77.9 Å². The van der Waals surface area contributed by atoms with Crippen LogP contribution >= 0.6 is 0 Å². The second kappa shape index (κ2) is 6.89. The van der Waals surface area contributed by atoms with E-state index in [1.807, 2.05) is 74.5 Å². The highest BCUT2D eigenvalue weighted by molar-refractivity contribution is 5.87. The van der Waals surface area contributed by atoms with E-state index in [2.05, 4.69) is 0 Å². The Hall–Kier alpha value is -2.35. The molecule has 0 N–H and O–H groups in total. The van der Waals surface area contributed by atoms with Gasteiger partial charge in [-0.05, 0) is 31.1 Å². The molecule has 0 saturated carbocycles. The summed E-state index contributed by atoms with van der Waals surface area (Å²) in [6.07, 6.45) is 3.93. The third-order valence-electron chi connectivity index (χ3n) is 3.06. The molecule has 0 unspecified atom stereocenters. The topological polar surface area (TPSA) is 26.3 Å². The molecule has 0 aliphatic rings. The van der Waals surface area contributed by atoms with Crippen LogP contribution in [0.4, 0.5) is 0 Å². The SMILES string of the molecule is CC(C)(Cc1ccccc1)OC(=O)C=Cc1ccccc1. The van der Waals surface area contributed by atoms with Gasteiger partial charge in [0.15, 0.2) is 0 Å². The predicted octanol–water partition coefficient (Wildman–Crippen LogP) is 4.26. The highest BCUT2D eigenvalue weighted by Crippen LogP contribution is 2.17. The van der Waals surface area contributed by atoms with Crippen LogP contribution in [-0.4, -0.2) is 11.6 Å². The molecule has 0 aliphatic heterocycles. The van der Waals surface area contributed by atoms with Gasteiger partial charge in [-0.25, -0.2) is 4.79 Å². The number of carbonyl (C=O) groups excluding carboxylic acids is 1. The van der Waals surface area contributed by atoms with Crippen molar-refractivity contribution >= 4 is 12.0 Å². The van der Waals surface area contributed by atoms with Crippen LogP contribution in [0.3, 0.4) is 0 Å². The Morgan fingerprint density at radius 2 is 1.57 bits per heavy atom. The van der Waals surface area contributed by atoms with E-state index >= 15 is 0 Å². The van der Waals surface area contributed by atoms with E-state index in [0.29, 0.717) is 6.42 Å². The van der Waals surface area contributed by atoms with Crippen molar-refractivity contribution in [1.82, 2.24) is 0 Å². The third kappa shape index (κ3) is 5.27. The van der Waals surface area contributed by atoms with Gasteiger partial charge in [0.25, 0.3) is 0 Å². The molecule has 0 fully saturated rings. The van der Waals surface area contributed by atoms with Crippen LogP contribution in [0.15, 0.2) is 66.7 Å². The maximum absolute atomic E-state index is 11.9. The molecule has 0 spiro atoms. The molecule has 2 nitrogen and oxygen atoms in total. The molecule has 0 saturated heterocycles. The van der Waals surface area contributed by atoms with Gasteiger partial charge >= 0.3 is 5.97 Å². The first-order valence-corrected chi connectivity index (χ1v) is 7.05. The zero-order valence-electron chi connectivity index (χ0n) is 12.5. The molecule has 0 heterocycles. The fraction of sp³-hybridized carbons (Fsp3) is 0.211. The van der Waals surface area contributed by atoms with Gasteiger partial charge in [-0.15, -0.1) is 0 Å². The molecule has 2 aromatic carbocycles. The van der Waals surface area contributed by atoms with Gasteiger partial charge in [0.05, 0.1) is 0 Å². The molecular weight excluding hydrogens is 260 g/mol. The summed E-state index contributed by atoms with van der Waals surface area (Å²) in [6, 6.07) is 19.7. The lowest BCUT2D eigenvalue weighted by molar-refractivity contribution is -0.149. The van der Waals surface area contributed by atoms with Crippen LogP contribution in [0.25, 0.3) is 6.08 Å². The second-order valence-corrected chi connectivity index (χ2v) is 5.59. The molecule has 0 amide bonds. The average Bonchev–Trinajstić information content (AvgIpc) is 2.46. The fourth-order valence-corrected chi connectivity index (χ4v) is 2.16. The number of hydrogen-bond acceptors (Lipinski definition) is 2. The highest BCUT2D eigenvalue weighted by atomic mass is 16.6. The first-order valence-electron chi connectivity index (χ1n) is 7.05. The summed E-state index contributed by atoms with van der Waals surface area (Å²) in [5, 5.41) is 0. The maximum Gasteiger partial charge on any atom is 0.331 e. The van der Waals surface area contributed by atoms with Gasteiger partial charge < -0.3 is 4.74 Å². The molecule has 2 rings (SSSR count). The van der Waals surface area contributed by atoms with Crippen molar-refractivity contribution in [1.29, 1.82) is 0 Å². The standard InChI is InChI=1S/C19H20O2/c1-19(2,15-17-11-7-4-8-12-17)21-18(20)14-13-16-9-5-3-6-10-16/h3-14H,15H2,1-2H3. The molecule has 21 heavy (non-hydrogen) atoms. The Bertz CT molecular complexity index is 598. The van der Waals surface area contributed by atoms with E-state index in [0.717, 1.165) is 11.1 Å². The minimum atomic E-state index is -0.528. The van der Waals surface area contributed by atoms with Gasteiger partial charge in [-0.2, -0.15) is 0 Å². The lowest BCUT2D eigenvalue weighted by atomic mass is 9.98. The summed E-state index contributed by atoms with van der Waals surface area (Å²) >= 11 is 0. The molecule has 2 heteroatoms. The lowest BCUT2D eigenvalue weighted by Gasteiger charge is -2.24. The van der Waals surface area contributed by atoms with Crippen molar-refractivity contribution in [2.24, 2.45) is 0 Å². The zero-order chi connectivity index (χ0) is 15.1. The largest absolute Gasteiger partial charge is 0.456 e. The van der Waals surface area contributed by atoms with Crippen LogP contribution in [0.1, 0.15) is 25.0 Å². The predicted molar refractivity (Wildman–Crippen MR) is 85.8 cm³/mol. The fourth-order valence-electron chi connectivity index (χ4n) is 2.16. The van der Waals surface area contributed by atoms with E-state index < -0.39 is 5.60 Å². The molecular formula is C19H20O2. The van der Waals surface area contributed by atoms with Crippen molar-refractivity contribution in [3.8, 4) is 0 Å². The number of rotatable bonds is 5. The zero-order valence-corrected chi connectivity index (χ0v) is 12.5. The van der Waals surface area contributed by atoms with Crippen LogP contribution in [0, 0.1) is 0 Å². The van der Waals surface area contributed by atoms with Crippen LogP contribution in [0.2, 0.25) is 0 Å². The summed E-state index contributed by atoms with van der Waals surface area (Å²) in [6.45, 7) is 3.85.